The smallest absolute Gasteiger partial charge is 0.461 e. The summed E-state index contributed by atoms with van der Waals surface area (Å²) in [7, 11) is -1.14. The quantitative estimate of drug-likeness (QED) is 0.516. The van der Waals surface area contributed by atoms with Crippen molar-refractivity contribution < 1.29 is 32.0 Å². The van der Waals surface area contributed by atoms with Gasteiger partial charge in [0.2, 0.25) is 0 Å². The molecule has 0 amide bonds. The van der Waals surface area contributed by atoms with Crippen LogP contribution >= 0.6 is 0 Å². The molecule has 1 aromatic heterocycles. The second-order valence-corrected chi connectivity index (χ2v) is 8.61. The SMILES string of the molecule is CCOC(=O)c1c(B2OC(C)(C)C(C)(C)O2)c(C)c(C(F)(F)F)n1Cc1ccccc1. The van der Waals surface area contributed by atoms with Crippen molar-refractivity contribution >= 4 is 18.6 Å². The van der Waals surface area contributed by atoms with Crippen LogP contribution in [0.25, 0.3) is 0 Å². The molecular formula is C22H27BF3NO4. The van der Waals surface area contributed by atoms with Gasteiger partial charge < -0.3 is 18.6 Å². The molecule has 0 atom stereocenters. The lowest BCUT2D eigenvalue weighted by Crippen LogP contribution is -2.41. The molecule has 1 saturated heterocycles. The zero-order valence-corrected chi connectivity index (χ0v) is 18.6. The van der Waals surface area contributed by atoms with E-state index in [9.17, 15) is 18.0 Å². The van der Waals surface area contributed by atoms with E-state index in [-0.39, 0.29) is 29.9 Å². The summed E-state index contributed by atoms with van der Waals surface area (Å²) in [5, 5.41) is 0. The van der Waals surface area contributed by atoms with Crippen LogP contribution in [0.4, 0.5) is 13.2 Å². The lowest BCUT2D eigenvalue weighted by molar-refractivity contribution is -0.143. The predicted molar refractivity (Wildman–Crippen MR) is 111 cm³/mol. The monoisotopic (exact) mass is 437 g/mol. The number of carbonyl (C=O) groups excluding carboxylic acids is 1. The maximum Gasteiger partial charge on any atom is 0.497 e. The molecule has 1 aliphatic rings. The third-order valence-electron chi connectivity index (χ3n) is 5.96. The van der Waals surface area contributed by atoms with Crippen LogP contribution in [0.15, 0.2) is 30.3 Å². The van der Waals surface area contributed by atoms with E-state index in [0.717, 1.165) is 4.57 Å². The summed E-state index contributed by atoms with van der Waals surface area (Å²) < 4.78 is 60.7. The van der Waals surface area contributed by atoms with Crippen molar-refractivity contribution in [2.75, 3.05) is 6.61 Å². The van der Waals surface area contributed by atoms with Gasteiger partial charge in [0.1, 0.15) is 11.4 Å². The molecule has 0 radical (unpaired) electrons. The number of aromatic nitrogens is 1. The molecule has 3 rings (SSSR count). The first-order chi connectivity index (χ1) is 14.3. The number of alkyl halides is 3. The van der Waals surface area contributed by atoms with Gasteiger partial charge in [0.15, 0.2) is 0 Å². The van der Waals surface area contributed by atoms with Crippen LogP contribution < -0.4 is 5.46 Å². The molecular weight excluding hydrogens is 410 g/mol. The molecule has 1 fully saturated rings. The van der Waals surface area contributed by atoms with Gasteiger partial charge in [-0.1, -0.05) is 30.3 Å². The second kappa shape index (κ2) is 8.02. The van der Waals surface area contributed by atoms with Crippen molar-refractivity contribution in [3.05, 3.63) is 52.8 Å². The topological polar surface area (TPSA) is 49.7 Å². The van der Waals surface area contributed by atoms with Crippen LogP contribution in [0.2, 0.25) is 0 Å². The van der Waals surface area contributed by atoms with Crippen LogP contribution in [0.3, 0.4) is 0 Å². The van der Waals surface area contributed by atoms with E-state index in [1.54, 1.807) is 65.0 Å². The molecule has 0 unspecified atom stereocenters. The van der Waals surface area contributed by atoms with Crippen molar-refractivity contribution in [3.63, 3.8) is 0 Å². The summed E-state index contributed by atoms with van der Waals surface area (Å²) in [5.41, 5.74) is -2.11. The van der Waals surface area contributed by atoms with Gasteiger partial charge in [-0.25, -0.2) is 4.79 Å². The fraction of sp³-hybridized carbons (Fsp3) is 0.500. The van der Waals surface area contributed by atoms with Crippen LogP contribution in [0.5, 0.6) is 0 Å². The van der Waals surface area contributed by atoms with E-state index >= 15 is 0 Å². The summed E-state index contributed by atoms with van der Waals surface area (Å²) >= 11 is 0. The standard InChI is InChI=1S/C22H27BF3NO4/c1-7-29-19(28)17-16(23-30-20(3,4)21(5,6)31-23)14(2)18(22(24,25)26)27(17)13-15-11-9-8-10-12-15/h8-12H,7,13H2,1-6H3. The first-order valence-corrected chi connectivity index (χ1v) is 10.2. The molecule has 0 aliphatic carbocycles. The fourth-order valence-corrected chi connectivity index (χ4v) is 3.72. The first kappa shape index (κ1) is 23.4. The summed E-state index contributed by atoms with van der Waals surface area (Å²) in [4.78, 5) is 12.9. The summed E-state index contributed by atoms with van der Waals surface area (Å²) in [6.07, 6.45) is -4.69. The van der Waals surface area contributed by atoms with Crippen molar-refractivity contribution in [1.29, 1.82) is 0 Å². The molecule has 31 heavy (non-hydrogen) atoms. The molecule has 0 spiro atoms. The number of hydrogen-bond acceptors (Lipinski definition) is 4. The Labute approximate surface area is 180 Å². The van der Waals surface area contributed by atoms with Crippen molar-refractivity contribution in [2.45, 2.75) is 65.5 Å². The Hall–Kier alpha value is -2.26. The normalized spacial score (nSPS) is 17.8. The third-order valence-corrected chi connectivity index (χ3v) is 5.96. The van der Waals surface area contributed by atoms with E-state index < -0.39 is 36.2 Å². The van der Waals surface area contributed by atoms with Gasteiger partial charge in [0.25, 0.3) is 0 Å². The minimum Gasteiger partial charge on any atom is -0.461 e. The number of nitrogens with zero attached hydrogens (tertiary/aromatic N) is 1. The molecule has 168 valence electrons. The molecule has 9 heteroatoms. The Bertz CT molecular complexity index is 951. The summed E-state index contributed by atoms with van der Waals surface area (Å²) in [5.74, 6) is -0.846. The lowest BCUT2D eigenvalue weighted by Gasteiger charge is -2.32. The van der Waals surface area contributed by atoms with Crippen molar-refractivity contribution in [2.24, 2.45) is 0 Å². The average molecular weight is 437 g/mol. The van der Waals surface area contributed by atoms with E-state index in [1.807, 2.05) is 0 Å². The zero-order valence-electron chi connectivity index (χ0n) is 18.6. The van der Waals surface area contributed by atoms with Crippen molar-refractivity contribution in [3.8, 4) is 0 Å². The van der Waals surface area contributed by atoms with Gasteiger partial charge in [-0.2, -0.15) is 13.2 Å². The van der Waals surface area contributed by atoms with Crippen molar-refractivity contribution in [1.82, 2.24) is 4.57 Å². The molecule has 5 nitrogen and oxygen atoms in total. The van der Waals surface area contributed by atoms with Crippen LogP contribution in [0.1, 0.15) is 61.9 Å². The van der Waals surface area contributed by atoms with Crippen LogP contribution in [-0.2, 0) is 26.8 Å². The average Bonchev–Trinajstić information content (AvgIpc) is 3.04. The van der Waals surface area contributed by atoms with Gasteiger partial charge >= 0.3 is 19.3 Å². The lowest BCUT2D eigenvalue weighted by atomic mass is 9.76. The Balaban J connectivity index is 2.26. The largest absolute Gasteiger partial charge is 0.497 e. The predicted octanol–water partition coefficient (Wildman–Crippen LogP) is 4.34. The van der Waals surface area contributed by atoms with Gasteiger partial charge in [-0.15, -0.1) is 0 Å². The molecule has 1 aliphatic heterocycles. The fourth-order valence-electron chi connectivity index (χ4n) is 3.72. The minimum absolute atomic E-state index is 0.0263. The van der Waals surface area contributed by atoms with E-state index in [1.165, 1.54) is 6.92 Å². The van der Waals surface area contributed by atoms with Crippen LogP contribution in [-0.4, -0.2) is 35.5 Å². The number of esters is 1. The summed E-state index contributed by atoms with van der Waals surface area (Å²) in [6.45, 7) is 10.0. The Morgan fingerprint density at radius 2 is 1.65 bits per heavy atom. The first-order valence-electron chi connectivity index (χ1n) is 10.2. The minimum atomic E-state index is -4.69. The number of carbonyl (C=O) groups is 1. The molecule has 2 heterocycles. The number of halogens is 3. The molecule has 0 N–H and O–H groups in total. The molecule has 1 aromatic carbocycles. The zero-order chi connectivity index (χ0) is 23.2. The summed E-state index contributed by atoms with van der Waals surface area (Å²) in [6, 6.07) is 8.66. The number of ether oxygens (including phenoxy) is 1. The van der Waals surface area contributed by atoms with Gasteiger partial charge in [0, 0.05) is 12.0 Å². The Kier molecular flexibility index (Phi) is 6.06. The van der Waals surface area contributed by atoms with E-state index in [2.05, 4.69) is 0 Å². The maximum atomic E-state index is 14.2. The van der Waals surface area contributed by atoms with E-state index in [0.29, 0.717) is 5.56 Å². The highest BCUT2D eigenvalue weighted by atomic mass is 19.4. The number of benzene rings is 1. The molecule has 0 saturated carbocycles. The van der Waals surface area contributed by atoms with Gasteiger partial charge in [-0.3, -0.25) is 0 Å². The van der Waals surface area contributed by atoms with Gasteiger partial charge in [0.05, 0.1) is 17.8 Å². The van der Waals surface area contributed by atoms with Gasteiger partial charge in [-0.05, 0) is 52.7 Å². The second-order valence-electron chi connectivity index (χ2n) is 8.61. The highest BCUT2D eigenvalue weighted by Gasteiger charge is 2.55. The number of hydrogen-bond donors (Lipinski definition) is 0. The highest BCUT2D eigenvalue weighted by molar-refractivity contribution is 6.64. The number of rotatable bonds is 5. The third kappa shape index (κ3) is 4.25. The van der Waals surface area contributed by atoms with E-state index in [4.69, 9.17) is 14.0 Å². The molecule has 0 bridgehead atoms. The maximum absolute atomic E-state index is 14.2. The van der Waals surface area contributed by atoms with Crippen LogP contribution in [0, 0.1) is 6.92 Å². The molecule has 2 aromatic rings. The highest BCUT2D eigenvalue weighted by Crippen LogP contribution is 2.39. The Morgan fingerprint density at radius 1 is 1.10 bits per heavy atom. The Morgan fingerprint density at radius 3 is 2.13 bits per heavy atom.